The highest BCUT2D eigenvalue weighted by atomic mass is 16.4. The Bertz CT molecular complexity index is 322. The second kappa shape index (κ2) is 7.33. The van der Waals surface area contributed by atoms with Crippen molar-refractivity contribution in [3.05, 3.63) is 0 Å². The maximum absolute atomic E-state index is 12.3. The van der Waals surface area contributed by atoms with E-state index in [4.69, 9.17) is 5.11 Å². The van der Waals surface area contributed by atoms with E-state index in [0.29, 0.717) is 12.6 Å². The fourth-order valence-electron chi connectivity index (χ4n) is 2.46. The molecular formula is C13H25N3O3. The lowest BCUT2D eigenvalue weighted by atomic mass is 10.2. The number of urea groups is 1. The van der Waals surface area contributed by atoms with E-state index < -0.39 is 5.97 Å². The van der Waals surface area contributed by atoms with Crippen LogP contribution in [0.5, 0.6) is 0 Å². The Balaban J connectivity index is 2.53. The lowest BCUT2D eigenvalue weighted by molar-refractivity contribution is -0.137. The van der Waals surface area contributed by atoms with Gasteiger partial charge in [0, 0.05) is 38.8 Å². The Morgan fingerprint density at radius 2 is 2.00 bits per heavy atom. The first kappa shape index (κ1) is 15.8. The summed E-state index contributed by atoms with van der Waals surface area (Å²) in [4.78, 5) is 28.7. The molecule has 1 N–H and O–H groups in total. The van der Waals surface area contributed by atoms with Gasteiger partial charge in [0.15, 0.2) is 0 Å². The standard InChI is InChI=1S/C13H25N3O3/c1-4-14-8-9-16(10-11(14)3)13(19)15(5-2)7-6-12(17)18/h11H,4-10H2,1-3H3,(H,17,18). The summed E-state index contributed by atoms with van der Waals surface area (Å²) in [6.07, 6.45) is 0.00403. The second-order valence-electron chi connectivity index (χ2n) is 4.93. The number of hydrogen-bond donors (Lipinski definition) is 1. The number of carboxylic acids is 1. The molecule has 0 saturated carbocycles. The van der Waals surface area contributed by atoms with Crippen LogP contribution in [-0.4, -0.2) is 77.1 Å². The van der Waals surface area contributed by atoms with E-state index in [1.54, 1.807) is 4.90 Å². The molecule has 1 atom stereocenters. The van der Waals surface area contributed by atoms with Crippen LogP contribution in [0.4, 0.5) is 4.79 Å². The fraction of sp³-hybridized carbons (Fsp3) is 0.846. The number of rotatable bonds is 5. The van der Waals surface area contributed by atoms with Gasteiger partial charge in [-0.15, -0.1) is 0 Å². The van der Waals surface area contributed by atoms with Crippen molar-refractivity contribution in [3.8, 4) is 0 Å². The number of piperazine rings is 1. The average Bonchev–Trinajstić information content (AvgIpc) is 2.38. The van der Waals surface area contributed by atoms with E-state index in [0.717, 1.165) is 26.2 Å². The summed E-state index contributed by atoms with van der Waals surface area (Å²) < 4.78 is 0. The van der Waals surface area contributed by atoms with Crippen molar-refractivity contribution in [2.45, 2.75) is 33.2 Å². The van der Waals surface area contributed by atoms with Crippen molar-refractivity contribution >= 4 is 12.0 Å². The number of carbonyl (C=O) groups is 2. The number of amides is 2. The van der Waals surface area contributed by atoms with Crippen molar-refractivity contribution in [3.63, 3.8) is 0 Å². The van der Waals surface area contributed by atoms with Gasteiger partial charge in [0.2, 0.25) is 0 Å². The highest BCUT2D eigenvalue weighted by Gasteiger charge is 2.28. The molecule has 0 aromatic heterocycles. The number of carbonyl (C=O) groups excluding carboxylic acids is 1. The summed E-state index contributed by atoms with van der Waals surface area (Å²) in [6, 6.07) is 0.326. The van der Waals surface area contributed by atoms with Gasteiger partial charge in [0.05, 0.1) is 6.42 Å². The first-order valence-electron chi connectivity index (χ1n) is 6.99. The van der Waals surface area contributed by atoms with Crippen molar-refractivity contribution in [2.75, 3.05) is 39.3 Å². The number of likely N-dealkylation sites (N-methyl/N-ethyl adjacent to an activating group) is 1. The lowest BCUT2D eigenvalue weighted by Crippen LogP contribution is -2.56. The summed E-state index contributed by atoms with van der Waals surface area (Å²) in [7, 11) is 0. The van der Waals surface area contributed by atoms with Crippen LogP contribution in [-0.2, 0) is 4.79 Å². The lowest BCUT2D eigenvalue weighted by Gasteiger charge is -2.41. The molecule has 6 nitrogen and oxygen atoms in total. The van der Waals surface area contributed by atoms with Crippen molar-refractivity contribution in [1.82, 2.24) is 14.7 Å². The molecular weight excluding hydrogens is 246 g/mol. The Hall–Kier alpha value is -1.30. The Labute approximate surface area is 115 Å². The normalized spacial score (nSPS) is 20.4. The molecule has 2 amide bonds. The molecule has 19 heavy (non-hydrogen) atoms. The van der Waals surface area contributed by atoms with Crippen molar-refractivity contribution < 1.29 is 14.7 Å². The molecule has 1 unspecified atom stereocenters. The van der Waals surface area contributed by atoms with Gasteiger partial charge >= 0.3 is 12.0 Å². The minimum atomic E-state index is -0.865. The summed E-state index contributed by atoms with van der Waals surface area (Å²) in [5.41, 5.74) is 0. The molecule has 6 heteroatoms. The molecule has 0 bridgehead atoms. The predicted molar refractivity (Wildman–Crippen MR) is 73.2 cm³/mol. The first-order chi connectivity index (χ1) is 8.99. The van der Waals surface area contributed by atoms with Crippen molar-refractivity contribution in [2.24, 2.45) is 0 Å². The summed E-state index contributed by atoms with van der Waals surface area (Å²) in [5, 5.41) is 8.70. The van der Waals surface area contributed by atoms with Gasteiger partial charge in [-0.3, -0.25) is 9.69 Å². The SMILES string of the molecule is CCN(CCC(=O)O)C(=O)N1CCN(CC)C(C)C1. The third-order valence-electron chi connectivity index (χ3n) is 3.69. The molecule has 0 aromatic carbocycles. The molecule has 1 fully saturated rings. The quantitative estimate of drug-likeness (QED) is 0.808. The molecule has 0 aliphatic carbocycles. The minimum absolute atomic E-state index is 0.00403. The highest BCUT2D eigenvalue weighted by Crippen LogP contribution is 2.11. The summed E-state index contributed by atoms with van der Waals surface area (Å²) in [6.45, 7) is 10.3. The Kier molecular flexibility index (Phi) is 6.08. The molecule has 110 valence electrons. The van der Waals surface area contributed by atoms with E-state index in [1.165, 1.54) is 0 Å². The smallest absolute Gasteiger partial charge is 0.320 e. The van der Waals surface area contributed by atoms with Crippen LogP contribution in [0.1, 0.15) is 27.2 Å². The number of aliphatic carboxylic acids is 1. The maximum atomic E-state index is 12.3. The zero-order valence-electron chi connectivity index (χ0n) is 12.1. The van der Waals surface area contributed by atoms with Crippen molar-refractivity contribution in [1.29, 1.82) is 0 Å². The molecule has 0 aromatic rings. The van der Waals surface area contributed by atoms with Gasteiger partial charge in [-0.2, -0.15) is 0 Å². The molecule has 1 saturated heterocycles. The molecule has 1 rings (SSSR count). The maximum Gasteiger partial charge on any atom is 0.320 e. The predicted octanol–water partition coefficient (Wildman–Crippen LogP) is 0.929. The molecule has 1 aliphatic rings. The largest absolute Gasteiger partial charge is 0.481 e. The van der Waals surface area contributed by atoms with Gasteiger partial charge in [0.25, 0.3) is 0 Å². The molecule has 1 heterocycles. The number of nitrogens with zero attached hydrogens (tertiary/aromatic N) is 3. The van der Waals surface area contributed by atoms with Crippen LogP contribution in [0.2, 0.25) is 0 Å². The fourth-order valence-corrected chi connectivity index (χ4v) is 2.46. The van der Waals surface area contributed by atoms with E-state index in [1.807, 2.05) is 11.8 Å². The van der Waals surface area contributed by atoms with Gasteiger partial charge < -0.3 is 14.9 Å². The van der Waals surface area contributed by atoms with Gasteiger partial charge in [-0.25, -0.2) is 4.79 Å². The van der Waals surface area contributed by atoms with Crippen LogP contribution in [0.15, 0.2) is 0 Å². The van der Waals surface area contributed by atoms with Crippen LogP contribution < -0.4 is 0 Å². The Morgan fingerprint density at radius 3 is 2.47 bits per heavy atom. The van der Waals surface area contributed by atoms with Crippen LogP contribution in [0, 0.1) is 0 Å². The molecule has 1 aliphatic heterocycles. The van der Waals surface area contributed by atoms with E-state index in [9.17, 15) is 9.59 Å². The number of carboxylic acid groups (broad SMARTS) is 1. The van der Waals surface area contributed by atoms with E-state index in [2.05, 4.69) is 18.7 Å². The van der Waals surface area contributed by atoms with E-state index in [-0.39, 0.29) is 19.0 Å². The summed E-state index contributed by atoms with van der Waals surface area (Å²) in [5.74, 6) is -0.865. The zero-order valence-corrected chi connectivity index (χ0v) is 12.1. The summed E-state index contributed by atoms with van der Waals surface area (Å²) >= 11 is 0. The number of hydrogen-bond acceptors (Lipinski definition) is 3. The zero-order chi connectivity index (χ0) is 14.4. The highest BCUT2D eigenvalue weighted by molar-refractivity contribution is 5.75. The third-order valence-corrected chi connectivity index (χ3v) is 3.69. The van der Waals surface area contributed by atoms with E-state index >= 15 is 0 Å². The monoisotopic (exact) mass is 271 g/mol. The molecule has 0 radical (unpaired) electrons. The average molecular weight is 271 g/mol. The Morgan fingerprint density at radius 1 is 1.32 bits per heavy atom. The molecule has 0 spiro atoms. The first-order valence-corrected chi connectivity index (χ1v) is 6.99. The van der Waals surface area contributed by atoms with Gasteiger partial charge in [-0.1, -0.05) is 6.92 Å². The topological polar surface area (TPSA) is 64.1 Å². The minimum Gasteiger partial charge on any atom is -0.481 e. The van der Waals surface area contributed by atoms with Gasteiger partial charge in [0.1, 0.15) is 0 Å². The van der Waals surface area contributed by atoms with Crippen LogP contribution >= 0.6 is 0 Å². The van der Waals surface area contributed by atoms with Crippen LogP contribution in [0.3, 0.4) is 0 Å². The third kappa shape index (κ3) is 4.38. The second-order valence-corrected chi connectivity index (χ2v) is 4.93. The van der Waals surface area contributed by atoms with Crippen LogP contribution in [0.25, 0.3) is 0 Å². The van der Waals surface area contributed by atoms with Gasteiger partial charge in [-0.05, 0) is 20.4 Å².